The Morgan fingerprint density at radius 2 is 1.81 bits per heavy atom. The van der Waals surface area contributed by atoms with Gasteiger partial charge in [0.25, 0.3) is 0 Å². The molecule has 0 amide bonds. The maximum Gasteiger partial charge on any atom is 0.417 e. The highest BCUT2D eigenvalue weighted by atomic mass is 19.4. The second-order valence-electron chi connectivity index (χ2n) is 6.39. The summed E-state index contributed by atoms with van der Waals surface area (Å²) >= 11 is 0. The molecule has 1 aromatic heterocycles. The molecule has 26 heavy (non-hydrogen) atoms. The van der Waals surface area contributed by atoms with Gasteiger partial charge in [-0.3, -0.25) is 0 Å². The second-order valence-corrected chi connectivity index (χ2v) is 6.39. The molecule has 1 saturated heterocycles. The number of hydrogen-bond donors (Lipinski definition) is 1. The van der Waals surface area contributed by atoms with Crippen LogP contribution in [0.2, 0.25) is 0 Å². The third-order valence-corrected chi connectivity index (χ3v) is 4.65. The number of methoxy groups -OCH3 is 1. The highest BCUT2D eigenvalue weighted by Crippen LogP contribution is 2.29. The van der Waals surface area contributed by atoms with Crippen LogP contribution in [0.25, 0.3) is 0 Å². The van der Waals surface area contributed by atoms with Crippen molar-refractivity contribution in [3.63, 3.8) is 0 Å². The van der Waals surface area contributed by atoms with Gasteiger partial charge in [0.15, 0.2) is 0 Å². The Kier molecular flexibility index (Phi) is 5.66. The van der Waals surface area contributed by atoms with Crippen molar-refractivity contribution in [3.8, 4) is 5.75 Å². The fraction of sp³-hybridized carbons (Fsp3) is 0.421. The van der Waals surface area contributed by atoms with E-state index in [4.69, 9.17) is 4.74 Å². The van der Waals surface area contributed by atoms with Crippen molar-refractivity contribution in [1.82, 2.24) is 10.3 Å². The molecule has 1 aromatic carbocycles. The molecule has 2 aromatic rings. The van der Waals surface area contributed by atoms with E-state index in [1.807, 2.05) is 29.2 Å². The van der Waals surface area contributed by atoms with Crippen molar-refractivity contribution >= 4 is 5.82 Å². The van der Waals surface area contributed by atoms with E-state index >= 15 is 0 Å². The molecule has 2 heterocycles. The molecule has 0 bridgehead atoms. The highest BCUT2D eigenvalue weighted by Gasteiger charge is 2.31. The first-order valence-electron chi connectivity index (χ1n) is 8.60. The van der Waals surface area contributed by atoms with Crippen molar-refractivity contribution < 1.29 is 17.9 Å². The Morgan fingerprint density at radius 1 is 1.12 bits per heavy atom. The van der Waals surface area contributed by atoms with Gasteiger partial charge in [0.1, 0.15) is 11.6 Å². The highest BCUT2D eigenvalue weighted by molar-refractivity contribution is 5.40. The molecular weight excluding hydrogens is 343 g/mol. The molecule has 0 radical (unpaired) electrons. The van der Waals surface area contributed by atoms with Crippen LogP contribution in [0.4, 0.5) is 19.0 Å². The van der Waals surface area contributed by atoms with Crippen molar-refractivity contribution in [2.75, 3.05) is 25.1 Å². The number of nitrogens with zero attached hydrogens (tertiary/aromatic N) is 2. The zero-order valence-corrected chi connectivity index (χ0v) is 14.6. The summed E-state index contributed by atoms with van der Waals surface area (Å²) in [6.07, 6.45) is -1.58. The van der Waals surface area contributed by atoms with E-state index in [9.17, 15) is 13.2 Å². The van der Waals surface area contributed by atoms with Crippen molar-refractivity contribution in [3.05, 3.63) is 53.7 Å². The van der Waals surface area contributed by atoms with Crippen LogP contribution in [0.15, 0.2) is 42.6 Å². The Bertz CT molecular complexity index is 693. The van der Waals surface area contributed by atoms with Crippen LogP contribution in [0, 0.1) is 0 Å². The van der Waals surface area contributed by atoms with E-state index in [-0.39, 0.29) is 0 Å². The van der Waals surface area contributed by atoms with Gasteiger partial charge in [0.05, 0.1) is 12.7 Å². The summed E-state index contributed by atoms with van der Waals surface area (Å²) in [5.74, 6) is 1.44. The first-order valence-corrected chi connectivity index (χ1v) is 8.60. The normalized spacial score (nSPS) is 15.9. The summed E-state index contributed by atoms with van der Waals surface area (Å²) < 4.78 is 43.0. The van der Waals surface area contributed by atoms with Crippen LogP contribution >= 0.6 is 0 Å². The van der Waals surface area contributed by atoms with Crippen molar-refractivity contribution in [2.24, 2.45) is 0 Å². The van der Waals surface area contributed by atoms with Crippen LogP contribution in [-0.4, -0.2) is 31.2 Å². The SMILES string of the molecule is COc1ccc(CNC2CCN(c3ccc(C(F)(F)F)cn3)CC2)cc1. The minimum Gasteiger partial charge on any atom is -0.497 e. The zero-order valence-electron chi connectivity index (χ0n) is 14.6. The van der Waals surface area contributed by atoms with Crippen LogP contribution in [0.5, 0.6) is 5.75 Å². The van der Waals surface area contributed by atoms with Gasteiger partial charge >= 0.3 is 6.18 Å². The first kappa shape index (κ1) is 18.5. The number of hydrogen-bond acceptors (Lipinski definition) is 4. The van der Waals surface area contributed by atoms with Crippen LogP contribution < -0.4 is 15.0 Å². The van der Waals surface area contributed by atoms with Gasteiger partial charge in [-0.25, -0.2) is 4.98 Å². The fourth-order valence-corrected chi connectivity index (χ4v) is 3.06. The minimum absolute atomic E-state index is 0.391. The van der Waals surface area contributed by atoms with Crippen molar-refractivity contribution in [2.45, 2.75) is 31.6 Å². The van der Waals surface area contributed by atoms with Gasteiger partial charge in [0.2, 0.25) is 0 Å². The lowest BCUT2D eigenvalue weighted by Crippen LogP contribution is -2.42. The molecule has 140 valence electrons. The Hall–Kier alpha value is -2.28. The predicted octanol–water partition coefficient (Wildman–Crippen LogP) is 3.87. The summed E-state index contributed by atoms with van der Waals surface area (Å²) in [6.45, 7) is 2.34. The summed E-state index contributed by atoms with van der Waals surface area (Å²) in [5, 5.41) is 3.54. The van der Waals surface area contributed by atoms with Gasteiger partial charge < -0.3 is 15.0 Å². The van der Waals surface area contributed by atoms with Gasteiger partial charge in [-0.1, -0.05) is 12.1 Å². The third-order valence-electron chi connectivity index (χ3n) is 4.65. The number of alkyl halides is 3. The fourth-order valence-electron chi connectivity index (χ4n) is 3.06. The Balaban J connectivity index is 1.47. The molecule has 1 aliphatic heterocycles. The summed E-state index contributed by atoms with van der Waals surface area (Å²) in [5.41, 5.74) is 0.481. The second kappa shape index (κ2) is 7.95. The number of halogens is 3. The Morgan fingerprint density at radius 3 is 2.35 bits per heavy atom. The number of piperidine rings is 1. The topological polar surface area (TPSA) is 37.4 Å². The van der Waals surface area contributed by atoms with Gasteiger partial charge in [-0.05, 0) is 42.7 Å². The summed E-state index contributed by atoms with van der Waals surface area (Å²) in [6, 6.07) is 10.9. The van der Waals surface area contributed by atoms with E-state index < -0.39 is 11.7 Å². The van der Waals surface area contributed by atoms with Gasteiger partial charge in [0, 0.05) is 31.9 Å². The summed E-state index contributed by atoms with van der Waals surface area (Å²) in [7, 11) is 1.65. The lowest BCUT2D eigenvalue weighted by atomic mass is 10.0. The van der Waals surface area contributed by atoms with E-state index in [1.54, 1.807) is 7.11 Å². The number of rotatable bonds is 5. The minimum atomic E-state index is -4.34. The number of ether oxygens (including phenoxy) is 1. The lowest BCUT2D eigenvalue weighted by molar-refractivity contribution is -0.137. The number of pyridine rings is 1. The Labute approximate surface area is 151 Å². The molecule has 1 aliphatic rings. The van der Waals surface area contributed by atoms with E-state index in [0.29, 0.717) is 11.9 Å². The number of benzene rings is 1. The predicted molar refractivity (Wildman–Crippen MR) is 94.3 cm³/mol. The maximum atomic E-state index is 12.6. The van der Waals surface area contributed by atoms with E-state index in [1.165, 1.54) is 11.6 Å². The zero-order chi connectivity index (χ0) is 18.6. The quantitative estimate of drug-likeness (QED) is 0.873. The first-order chi connectivity index (χ1) is 12.5. The van der Waals surface area contributed by atoms with Crippen LogP contribution in [-0.2, 0) is 12.7 Å². The average Bonchev–Trinajstić information content (AvgIpc) is 2.66. The van der Waals surface area contributed by atoms with Crippen LogP contribution in [0.1, 0.15) is 24.0 Å². The molecule has 0 aliphatic carbocycles. The smallest absolute Gasteiger partial charge is 0.417 e. The molecule has 1 fully saturated rings. The molecule has 4 nitrogen and oxygen atoms in total. The van der Waals surface area contributed by atoms with E-state index in [0.717, 1.165) is 50.5 Å². The summed E-state index contributed by atoms with van der Waals surface area (Å²) in [4.78, 5) is 6.01. The number of aromatic nitrogens is 1. The molecule has 1 N–H and O–H groups in total. The van der Waals surface area contributed by atoms with Gasteiger partial charge in [-0.15, -0.1) is 0 Å². The molecule has 0 unspecified atom stereocenters. The molecule has 7 heteroatoms. The number of nitrogens with one attached hydrogen (secondary N) is 1. The standard InChI is InChI=1S/C19H22F3N3O/c1-26-17-5-2-14(3-6-17)12-23-16-8-10-25(11-9-16)18-7-4-15(13-24-18)19(20,21)22/h2-7,13,16,23H,8-12H2,1H3. The lowest BCUT2D eigenvalue weighted by Gasteiger charge is -2.33. The van der Waals surface area contributed by atoms with Crippen LogP contribution in [0.3, 0.4) is 0 Å². The molecular formula is C19H22F3N3O. The average molecular weight is 365 g/mol. The van der Waals surface area contributed by atoms with Gasteiger partial charge in [-0.2, -0.15) is 13.2 Å². The number of anilines is 1. The molecule has 0 spiro atoms. The van der Waals surface area contributed by atoms with E-state index in [2.05, 4.69) is 10.3 Å². The third kappa shape index (κ3) is 4.66. The molecule has 0 atom stereocenters. The monoisotopic (exact) mass is 365 g/mol. The maximum absolute atomic E-state index is 12.6. The molecule has 0 saturated carbocycles. The molecule has 3 rings (SSSR count). The van der Waals surface area contributed by atoms with Crippen molar-refractivity contribution in [1.29, 1.82) is 0 Å². The largest absolute Gasteiger partial charge is 0.497 e.